The normalized spacial score (nSPS) is 11.2. The van der Waals surface area contributed by atoms with E-state index in [1.54, 1.807) is 12.1 Å². The number of pyridine rings is 1. The van der Waals surface area contributed by atoms with E-state index >= 15 is 0 Å². The summed E-state index contributed by atoms with van der Waals surface area (Å²) < 4.78 is 3.33. The number of nitrogens with zero attached hydrogens (tertiary/aromatic N) is 5. The van der Waals surface area contributed by atoms with Crippen molar-refractivity contribution in [1.29, 1.82) is 0 Å². The topological polar surface area (TPSA) is 65.1 Å². The van der Waals surface area contributed by atoms with Crippen molar-refractivity contribution in [2.75, 3.05) is 0 Å². The zero-order chi connectivity index (χ0) is 23.8. The van der Waals surface area contributed by atoms with Gasteiger partial charge in [-0.3, -0.25) is 4.79 Å². The van der Waals surface area contributed by atoms with Crippen LogP contribution in [0.3, 0.4) is 0 Å². The zero-order valence-electron chi connectivity index (χ0n) is 19.0. The lowest BCUT2D eigenvalue weighted by Crippen LogP contribution is -2.22. The van der Waals surface area contributed by atoms with Crippen LogP contribution in [-0.2, 0) is 6.54 Å². The lowest BCUT2D eigenvalue weighted by molar-refractivity contribution is 0.640. The Morgan fingerprint density at radius 2 is 1.60 bits per heavy atom. The lowest BCUT2D eigenvalue weighted by Gasteiger charge is -2.07. The van der Waals surface area contributed by atoms with Crippen LogP contribution in [0.25, 0.3) is 39.3 Å². The first kappa shape index (κ1) is 21.2. The van der Waals surface area contributed by atoms with E-state index in [0.717, 1.165) is 38.6 Å². The molecule has 35 heavy (non-hydrogen) atoms. The molecule has 0 aliphatic rings. The fourth-order valence-electron chi connectivity index (χ4n) is 4.11. The second-order valence-corrected chi connectivity index (χ2v) is 9.27. The molecule has 0 saturated carbocycles. The first-order valence-corrected chi connectivity index (χ1v) is 12.2. The highest BCUT2D eigenvalue weighted by molar-refractivity contribution is 7.09. The van der Waals surface area contributed by atoms with Crippen molar-refractivity contribution in [1.82, 2.24) is 24.4 Å². The number of aryl methyl sites for hydroxylation is 1. The molecule has 0 aliphatic carbocycles. The highest BCUT2D eigenvalue weighted by Crippen LogP contribution is 2.33. The highest BCUT2D eigenvalue weighted by Gasteiger charge is 2.18. The van der Waals surface area contributed by atoms with Crippen molar-refractivity contribution < 1.29 is 0 Å². The molecule has 6 rings (SSSR count). The van der Waals surface area contributed by atoms with Crippen LogP contribution in [0.4, 0.5) is 0 Å². The van der Waals surface area contributed by atoms with Gasteiger partial charge in [0.15, 0.2) is 0 Å². The minimum atomic E-state index is -0.168. The van der Waals surface area contributed by atoms with Gasteiger partial charge in [-0.1, -0.05) is 66.2 Å². The van der Waals surface area contributed by atoms with Crippen LogP contribution in [0.15, 0.2) is 101 Å². The average Bonchev–Trinajstić information content (AvgIpc) is 3.51. The number of aromatic nitrogens is 5. The van der Waals surface area contributed by atoms with E-state index in [9.17, 15) is 4.79 Å². The van der Waals surface area contributed by atoms with E-state index in [1.165, 1.54) is 21.6 Å². The van der Waals surface area contributed by atoms with E-state index in [4.69, 9.17) is 15.2 Å². The van der Waals surface area contributed by atoms with E-state index in [-0.39, 0.29) is 5.56 Å². The minimum absolute atomic E-state index is 0.168. The number of thiazole rings is 1. The summed E-state index contributed by atoms with van der Waals surface area (Å²) in [5.74, 6) is 0. The van der Waals surface area contributed by atoms with Crippen LogP contribution in [0.5, 0.6) is 0 Å². The fourth-order valence-corrected chi connectivity index (χ4v) is 4.90. The first-order valence-electron chi connectivity index (χ1n) is 11.3. The molecule has 6 aromatic rings. The summed E-state index contributed by atoms with van der Waals surface area (Å²) in [5, 5.41) is 12.4. The second-order valence-electron chi connectivity index (χ2n) is 8.33. The van der Waals surface area contributed by atoms with Gasteiger partial charge >= 0.3 is 0 Å². The number of benzene rings is 2. The third kappa shape index (κ3) is 4.06. The molecule has 0 amide bonds. The molecule has 4 heterocycles. The quantitative estimate of drug-likeness (QED) is 0.321. The Morgan fingerprint density at radius 3 is 2.43 bits per heavy atom. The van der Waals surface area contributed by atoms with Gasteiger partial charge in [-0.25, -0.2) is 14.2 Å². The second kappa shape index (κ2) is 8.77. The maximum atomic E-state index is 12.7. The van der Waals surface area contributed by atoms with Crippen molar-refractivity contribution in [3.63, 3.8) is 0 Å². The molecule has 7 heteroatoms. The molecular weight excluding hydrogens is 454 g/mol. The van der Waals surface area contributed by atoms with Crippen molar-refractivity contribution in [3.8, 4) is 33.8 Å². The molecule has 6 nitrogen and oxygen atoms in total. The Balaban J connectivity index is 1.41. The molecule has 0 N–H and O–H groups in total. The zero-order valence-corrected chi connectivity index (χ0v) is 19.8. The van der Waals surface area contributed by atoms with Gasteiger partial charge in [-0.15, -0.1) is 11.3 Å². The van der Waals surface area contributed by atoms with E-state index in [1.807, 2.05) is 64.6 Å². The summed E-state index contributed by atoms with van der Waals surface area (Å²) >= 11 is 1.53. The molecule has 0 atom stereocenters. The van der Waals surface area contributed by atoms with Crippen molar-refractivity contribution in [2.24, 2.45) is 0 Å². The predicted octanol–water partition coefficient (Wildman–Crippen LogP) is 5.71. The fraction of sp³-hybridized carbons (Fsp3) is 0.0714. The van der Waals surface area contributed by atoms with E-state index in [2.05, 4.69) is 31.2 Å². The summed E-state index contributed by atoms with van der Waals surface area (Å²) in [7, 11) is 0. The highest BCUT2D eigenvalue weighted by atomic mass is 32.1. The van der Waals surface area contributed by atoms with Crippen LogP contribution in [-0.4, -0.2) is 24.4 Å². The number of rotatable bonds is 5. The third-order valence-corrected chi connectivity index (χ3v) is 6.73. The van der Waals surface area contributed by atoms with Crippen LogP contribution in [0.2, 0.25) is 0 Å². The monoisotopic (exact) mass is 475 g/mol. The van der Waals surface area contributed by atoms with Crippen LogP contribution < -0.4 is 5.56 Å². The van der Waals surface area contributed by atoms with Gasteiger partial charge in [0.1, 0.15) is 10.7 Å². The van der Waals surface area contributed by atoms with Gasteiger partial charge in [-0.05, 0) is 25.1 Å². The molecule has 0 saturated heterocycles. The molecule has 0 aliphatic heterocycles. The molecule has 2 aromatic carbocycles. The number of hydrogen-bond donors (Lipinski definition) is 0. The first-order chi connectivity index (χ1) is 17.2. The Morgan fingerprint density at radius 1 is 0.800 bits per heavy atom. The maximum absolute atomic E-state index is 12.7. The Labute approximate surface area is 205 Å². The van der Waals surface area contributed by atoms with Gasteiger partial charge in [0.05, 0.1) is 29.0 Å². The lowest BCUT2D eigenvalue weighted by atomic mass is 10.0. The largest absolute Gasteiger partial charge is 0.268 e. The van der Waals surface area contributed by atoms with Gasteiger partial charge in [0, 0.05) is 28.8 Å². The molecule has 0 unspecified atom stereocenters. The van der Waals surface area contributed by atoms with Crippen LogP contribution in [0, 0.1) is 6.92 Å². The smallest absolute Gasteiger partial charge is 0.267 e. The Kier molecular flexibility index (Phi) is 5.31. The van der Waals surface area contributed by atoms with Crippen molar-refractivity contribution in [2.45, 2.75) is 13.5 Å². The van der Waals surface area contributed by atoms with E-state index < -0.39 is 0 Å². The third-order valence-electron chi connectivity index (χ3n) is 5.89. The predicted molar refractivity (Wildman–Crippen MR) is 140 cm³/mol. The van der Waals surface area contributed by atoms with Gasteiger partial charge in [0.25, 0.3) is 5.56 Å². The number of hydrogen-bond acceptors (Lipinski definition) is 5. The van der Waals surface area contributed by atoms with Crippen molar-refractivity contribution in [3.05, 3.63) is 117 Å². The number of fused-ring (bicyclic) bond motifs is 1. The molecule has 170 valence electrons. The summed E-state index contributed by atoms with van der Waals surface area (Å²) in [6.45, 7) is 2.37. The Hall–Kier alpha value is -4.36. The maximum Gasteiger partial charge on any atom is 0.267 e. The van der Waals surface area contributed by atoms with Crippen LogP contribution in [0.1, 0.15) is 10.6 Å². The summed E-state index contributed by atoms with van der Waals surface area (Å²) in [4.78, 5) is 17.5. The van der Waals surface area contributed by atoms with Gasteiger partial charge in [0.2, 0.25) is 0 Å². The molecule has 4 aromatic heterocycles. The summed E-state index contributed by atoms with van der Waals surface area (Å²) in [6.07, 6.45) is 1.92. The standard InChI is InChI=1S/C28H21N5OS/c1-19-10-12-20(13-11-19)23-18-35-25(29-23)17-33-26(34)15-14-22(30-33)27-24-9-5-6-16-32(24)31-28(27)21-7-3-2-4-8-21/h2-16,18H,17H2,1H3. The molecular formula is C28H21N5OS. The summed E-state index contributed by atoms with van der Waals surface area (Å²) in [6, 6.07) is 27.6. The SMILES string of the molecule is Cc1ccc(-c2csc(Cn3nc(-c4c(-c5ccccc5)nn5ccccc45)ccc3=O)n2)cc1. The van der Waals surface area contributed by atoms with E-state index in [0.29, 0.717) is 12.2 Å². The van der Waals surface area contributed by atoms with Gasteiger partial charge < -0.3 is 0 Å². The van der Waals surface area contributed by atoms with Gasteiger partial charge in [-0.2, -0.15) is 10.2 Å². The molecule has 0 spiro atoms. The summed E-state index contributed by atoms with van der Waals surface area (Å²) in [5.41, 5.74) is 7.34. The van der Waals surface area contributed by atoms with Crippen LogP contribution >= 0.6 is 11.3 Å². The minimum Gasteiger partial charge on any atom is -0.268 e. The molecule has 0 fully saturated rings. The molecule has 0 radical (unpaired) electrons. The molecule has 0 bridgehead atoms. The Bertz CT molecular complexity index is 1700. The average molecular weight is 476 g/mol. The van der Waals surface area contributed by atoms with Crippen molar-refractivity contribution >= 4 is 16.9 Å².